The Kier molecular flexibility index (Phi) is 42.5. The number of carbonyl (C=O) groups excluding carboxylic acids is 2. The van der Waals surface area contributed by atoms with Gasteiger partial charge >= 0.3 is 19.8 Å². The van der Waals surface area contributed by atoms with Gasteiger partial charge in [0.1, 0.15) is 12.2 Å². The molecule has 3 unspecified atom stereocenters. The summed E-state index contributed by atoms with van der Waals surface area (Å²) in [5.74, 6) is -1.10. The minimum absolute atomic E-state index is 0.0706. The van der Waals surface area contributed by atoms with E-state index in [1.165, 1.54) is 122 Å². The molecule has 0 saturated heterocycles. The maximum atomic E-state index is 12.4. The Hall–Kier alpha value is -2.07. The van der Waals surface area contributed by atoms with Crippen molar-refractivity contribution in [3.05, 3.63) is 48.6 Å². The highest BCUT2D eigenvalue weighted by Gasteiger charge is 2.27. The lowest BCUT2D eigenvalue weighted by Crippen LogP contribution is -2.28. The first-order chi connectivity index (χ1) is 28.8. The third-order valence-corrected chi connectivity index (χ3v) is 11.0. The highest BCUT2D eigenvalue weighted by molar-refractivity contribution is 7.47. The number of carbonyl (C=O) groups is 2. The molecule has 0 bridgehead atoms. The van der Waals surface area contributed by atoms with Gasteiger partial charge in [-0.1, -0.05) is 204 Å². The molecule has 59 heavy (non-hydrogen) atoms. The number of aliphatic hydroxyl groups is 2. The van der Waals surface area contributed by atoms with Gasteiger partial charge in [-0.05, 0) is 38.5 Å². The summed E-state index contributed by atoms with van der Waals surface area (Å²) in [5, 5.41) is 19.2. The van der Waals surface area contributed by atoms with Crippen molar-refractivity contribution < 1.29 is 47.8 Å². The lowest BCUT2D eigenvalue weighted by Gasteiger charge is -2.20. The van der Waals surface area contributed by atoms with Gasteiger partial charge in [0.05, 0.1) is 26.4 Å². The number of phosphoric acid groups is 1. The zero-order valence-corrected chi connectivity index (χ0v) is 38.4. The summed E-state index contributed by atoms with van der Waals surface area (Å²) in [6, 6.07) is 0. The molecule has 0 spiro atoms. The van der Waals surface area contributed by atoms with E-state index in [1.807, 2.05) is 18.2 Å². The Morgan fingerprint density at radius 2 is 0.797 bits per heavy atom. The number of rotatable bonds is 44. The standard InChI is InChI=1S/C48H87O10P/c1-3-5-7-9-11-13-15-17-18-19-20-21-22-23-24-25-26-28-30-32-34-36-38-40-48(52)58-46(42-50)44-56-59(53,54)55-43-45(41-49)57-47(51)39-37-35-33-31-29-27-16-14-12-10-8-6-4-2/h6,8,12,14,27,29,33,35,45-46,49-50H,3-5,7,9-11,13,15-26,28,30-32,34,36-44H2,1-2H3,(H,53,54)/b8-6-,14-12-,29-27-,35-33-. The predicted octanol–water partition coefficient (Wildman–Crippen LogP) is 12.9. The number of hydrogen-bond donors (Lipinski definition) is 3. The van der Waals surface area contributed by atoms with Crippen LogP contribution in [0.1, 0.15) is 206 Å². The molecular weight excluding hydrogens is 767 g/mol. The van der Waals surface area contributed by atoms with E-state index in [1.54, 1.807) is 0 Å². The average Bonchev–Trinajstić information content (AvgIpc) is 3.22. The van der Waals surface area contributed by atoms with Crippen LogP contribution in [0.15, 0.2) is 48.6 Å². The number of ether oxygens (including phenoxy) is 2. The van der Waals surface area contributed by atoms with Gasteiger partial charge in [-0.15, -0.1) is 0 Å². The monoisotopic (exact) mass is 855 g/mol. The van der Waals surface area contributed by atoms with Crippen LogP contribution in [0.4, 0.5) is 0 Å². The van der Waals surface area contributed by atoms with Crippen molar-refractivity contribution in [1.29, 1.82) is 0 Å². The Bertz CT molecular complexity index is 1120. The third kappa shape index (κ3) is 42.4. The van der Waals surface area contributed by atoms with Gasteiger partial charge in [0.25, 0.3) is 0 Å². The minimum Gasteiger partial charge on any atom is -0.457 e. The van der Waals surface area contributed by atoms with Gasteiger partial charge < -0.3 is 24.6 Å². The number of unbranched alkanes of at least 4 members (excludes halogenated alkanes) is 22. The molecule has 0 aliphatic rings. The smallest absolute Gasteiger partial charge is 0.457 e. The summed E-state index contributed by atoms with van der Waals surface area (Å²) in [4.78, 5) is 34.5. The molecule has 0 aromatic heterocycles. The van der Waals surface area contributed by atoms with E-state index in [-0.39, 0.29) is 12.8 Å². The van der Waals surface area contributed by atoms with E-state index < -0.39 is 58.4 Å². The fraction of sp³-hybridized carbons (Fsp3) is 0.792. The number of aliphatic hydroxyl groups excluding tert-OH is 2. The summed E-state index contributed by atoms with van der Waals surface area (Å²) < 4.78 is 32.5. The van der Waals surface area contributed by atoms with Crippen molar-refractivity contribution in [2.24, 2.45) is 0 Å². The molecule has 0 heterocycles. The molecule has 0 amide bonds. The molecule has 0 saturated carbocycles. The average molecular weight is 855 g/mol. The Morgan fingerprint density at radius 3 is 1.15 bits per heavy atom. The van der Waals surface area contributed by atoms with Crippen molar-refractivity contribution in [3.63, 3.8) is 0 Å². The number of allylic oxidation sites excluding steroid dienone is 8. The molecule has 3 atom stereocenters. The first-order valence-electron chi connectivity index (χ1n) is 23.6. The van der Waals surface area contributed by atoms with Crippen LogP contribution >= 0.6 is 7.82 Å². The minimum atomic E-state index is -4.65. The van der Waals surface area contributed by atoms with Gasteiger partial charge in [-0.3, -0.25) is 18.6 Å². The lowest BCUT2D eigenvalue weighted by molar-refractivity contribution is -0.153. The Balaban J connectivity index is 3.86. The van der Waals surface area contributed by atoms with Crippen molar-refractivity contribution in [1.82, 2.24) is 0 Å². The van der Waals surface area contributed by atoms with Gasteiger partial charge in [0, 0.05) is 12.8 Å². The molecule has 0 aliphatic heterocycles. The van der Waals surface area contributed by atoms with Crippen LogP contribution in [-0.4, -0.2) is 65.7 Å². The van der Waals surface area contributed by atoms with Crippen LogP contribution < -0.4 is 0 Å². The first kappa shape index (κ1) is 56.9. The Labute approximate surface area is 360 Å². The summed E-state index contributed by atoms with van der Waals surface area (Å²) in [6.07, 6.45) is 48.3. The third-order valence-electron chi connectivity index (χ3n) is 10.1. The van der Waals surface area contributed by atoms with Crippen LogP contribution in [0, 0.1) is 0 Å². The molecule has 10 nitrogen and oxygen atoms in total. The molecule has 344 valence electrons. The topological polar surface area (TPSA) is 149 Å². The maximum absolute atomic E-state index is 12.4. The molecule has 0 aromatic rings. The summed E-state index contributed by atoms with van der Waals surface area (Å²) in [7, 11) is -4.65. The van der Waals surface area contributed by atoms with Crippen molar-refractivity contribution in [2.45, 2.75) is 219 Å². The second kappa shape index (κ2) is 44.0. The Morgan fingerprint density at radius 1 is 0.475 bits per heavy atom. The zero-order valence-electron chi connectivity index (χ0n) is 37.5. The fourth-order valence-electron chi connectivity index (χ4n) is 6.48. The second-order valence-corrected chi connectivity index (χ2v) is 17.2. The molecule has 0 fully saturated rings. The highest BCUT2D eigenvalue weighted by atomic mass is 31.2. The van der Waals surface area contributed by atoms with Crippen LogP contribution in [0.25, 0.3) is 0 Å². The highest BCUT2D eigenvalue weighted by Crippen LogP contribution is 2.43. The molecule has 0 aromatic carbocycles. The SMILES string of the molecule is CC/C=C\C/C=C\C/C=C\C/C=C\CCC(=O)OC(CO)COP(=O)(O)OCC(CO)OC(=O)CCCCCCCCCCCCCCCCCCCCCCCCC. The van der Waals surface area contributed by atoms with Crippen LogP contribution in [-0.2, 0) is 32.7 Å². The fourth-order valence-corrected chi connectivity index (χ4v) is 7.27. The van der Waals surface area contributed by atoms with E-state index in [9.17, 15) is 29.3 Å². The first-order valence-corrected chi connectivity index (χ1v) is 25.1. The lowest BCUT2D eigenvalue weighted by atomic mass is 10.0. The molecule has 0 radical (unpaired) electrons. The number of phosphoric ester groups is 1. The number of hydrogen-bond acceptors (Lipinski definition) is 9. The van der Waals surface area contributed by atoms with E-state index in [4.69, 9.17) is 18.5 Å². The van der Waals surface area contributed by atoms with E-state index in [0.717, 1.165) is 44.9 Å². The maximum Gasteiger partial charge on any atom is 0.472 e. The molecule has 3 N–H and O–H groups in total. The summed E-state index contributed by atoms with van der Waals surface area (Å²) in [5.41, 5.74) is 0. The van der Waals surface area contributed by atoms with Gasteiger partial charge in [0.2, 0.25) is 0 Å². The van der Waals surface area contributed by atoms with Gasteiger partial charge in [-0.25, -0.2) is 4.57 Å². The largest absolute Gasteiger partial charge is 0.472 e. The summed E-state index contributed by atoms with van der Waals surface area (Å²) in [6.45, 7) is 2.03. The molecular formula is C48H87O10P. The quantitative estimate of drug-likeness (QED) is 0.0234. The van der Waals surface area contributed by atoms with E-state index in [0.29, 0.717) is 12.8 Å². The molecule has 0 aliphatic carbocycles. The normalized spacial score (nSPS) is 14.2. The van der Waals surface area contributed by atoms with Crippen molar-refractivity contribution in [2.75, 3.05) is 26.4 Å². The van der Waals surface area contributed by atoms with Crippen LogP contribution in [0.3, 0.4) is 0 Å². The van der Waals surface area contributed by atoms with Gasteiger partial charge in [0.15, 0.2) is 0 Å². The number of esters is 2. The molecule has 0 rings (SSSR count). The second-order valence-electron chi connectivity index (χ2n) is 15.7. The van der Waals surface area contributed by atoms with Crippen molar-refractivity contribution >= 4 is 19.8 Å². The van der Waals surface area contributed by atoms with Crippen LogP contribution in [0.2, 0.25) is 0 Å². The van der Waals surface area contributed by atoms with E-state index in [2.05, 4.69) is 44.2 Å². The zero-order chi connectivity index (χ0) is 43.3. The molecule has 11 heteroatoms. The van der Waals surface area contributed by atoms with Crippen molar-refractivity contribution in [3.8, 4) is 0 Å². The van der Waals surface area contributed by atoms with Crippen LogP contribution in [0.5, 0.6) is 0 Å². The van der Waals surface area contributed by atoms with E-state index >= 15 is 0 Å². The summed E-state index contributed by atoms with van der Waals surface area (Å²) >= 11 is 0. The predicted molar refractivity (Wildman–Crippen MR) is 242 cm³/mol. The van der Waals surface area contributed by atoms with Gasteiger partial charge in [-0.2, -0.15) is 0 Å².